The molecular formula is C12H20N2O3S. The number of ether oxygens (including phenoxy) is 1. The molecule has 0 heterocycles. The molecule has 0 aromatic heterocycles. The van der Waals surface area contributed by atoms with Crippen molar-refractivity contribution in [1.29, 1.82) is 0 Å². The highest BCUT2D eigenvalue weighted by Crippen LogP contribution is 2.16. The number of aryl methyl sites for hydroxylation is 2. The number of hydrogen-bond acceptors (Lipinski definition) is 4. The molecule has 6 heteroatoms. The second-order valence-electron chi connectivity index (χ2n) is 4.28. The van der Waals surface area contributed by atoms with Gasteiger partial charge in [-0.25, -0.2) is 13.1 Å². The van der Waals surface area contributed by atoms with Crippen LogP contribution in [0.15, 0.2) is 23.1 Å². The Bertz CT molecular complexity index is 500. The summed E-state index contributed by atoms with van der Waals surface area (Å²) in [5, 5.41) is 0. The van der Waals surface area contributed by atoms with Gasteiger partial charge in [0.15, 0.2) is 0 Å². The van der Waals surface area contributed by atoms with Gasteiger partial charge in [0.1, 0.15) is 0 Å². The Labute approximate surface area is 108 Å². The lowest BCUT2D eigenvalue weighted by Gasteiger charge is -2.17. The summed E-state index contributed by atoms with van der Waals surface area (Å²) in [6.07, 6.45) is 0. The van der Waals surface area contributed by atoms with E-state index >= 15 is 0 Å². The van der Waals surface area contributed by atoms with Gasteiger partial charge in [0.2, 0.25) is 10.0 Å². The van der Waals surface area contributed by atoms with Crippen LogP contribution in [0, 0.1) is 13.8 Å². The van der Waals surface area contributed by atoms with Crippen molar-refractivity contribution in [1.82, 2.24) is 4.72 Å². The first-order chi connectivity index (χ1) is 8.40. The maximum Gasteiger partial charge on any atom is 0.241 e. The largest absolute Gasteiger partial charge is 0.383 e. The fraction of sp³-hybridized carbons (Fsp3) is 0.500. The first kappa shape index (κ1) is 15.1. The monoisotopic (exact) mass is 272 g/mol. The van der Waals surface area contributed by atoms with E-state index in [1.807, 2.05) is 13.0 Å². The van der Waals surface area contributed by atoms with E-state index in [4.69, 9.17) is 10.5 Å². The molecule has 1 atom stereocenters. The van der Waals surface area contributed by atoms with E-state index in [1.54, 1.807) is 19.1 Å². The molecule has 0 aliphatic heterocycles. The van der Waals surface area contributed by atoms with Crippen molar-refractivity contribution < 1.29 is 13.2 Å². The van der Waals surface area contributed by atoms with E-state index in [2.05, 4.69) is 4.72 Å². The minimum Gasteiger partial charge on any atom is -0.383 e. The van der Waals surface area contributed by atoms with Crippen molar-refractivity contribution >= 4 is 10.0 Å². The number of nitrogens with two attached hydrogens (primary N) is 1. The van der Waals surface area contributed by atoms with Crippen LogP contribution in [0.1, 0.15) is 11.1 Å². The molecule has 102 valence electrons. The zero-order valence-electron chi connectivity index (χ0n) is 10.9. The molecule has 0 aliphatic rings. The van der Waals surface area contributed by atoms with E-state index in [9.17, 15) is 8.42 Å². The van der Waals surface area contributed by atoms with Gasteiger partial charge in [-0.05, 0) is 31.0 Å². The smallest absolute Gasteiger partial charge is 0.241 e. The summed E-state index contributed by atoms with van der Waals surface area (Å²) in [7, 11) is -2.05. The van der Waals surface area contributed by atoms with Gasteiger partial charge in [-0.1, -0.05) is 12.1 Å². The van der Waals surface area contributed by atoms with Crippen molar-refractivity contribution in [2.45, 2.75) is 24.8 Å². The Morgan fingerprint density at radius 2 is 2.06 bits per heavy atom. The molecule has 1 aromatic rings. The fourth-order valence-electron chi connectivity index (χ4n) is 1.63. The molecule has 18 heavy (non-hydrogen) atoms. The number of hydrogen-bond donors (Lipinski definition) is 2. The number of methoxy groups -OCH3 is 1. The van der Waals surface area contributed by atoms with Crippen molar-refractivity contribution in [2.75, 3.05) is 20.3 Å². The molecule has 1 rings (SSSR count). The van der Waals surface area contributed by atoms with Crippen molar-refractivity contribution in [3.63, 3.8) is 0 Å². The van der Waals surface area contributed by atoms with E-state index < -0.39 is 16.1 Å². The van der Waals surface area contributed by atoms with Gasteiger partial charge < -0.3 is 10.5 Å². The number of nitrogens with one attached hydrogen (secondary N) is 1. The van der Waals surface area contributed by atoms with Gasteiger partial charge in [-0.3, -0.25) is 0 Å². The van der Waals surface area contributed by atoms with Gasteiger partial charge >= 0.3 is 0 Å². The fourth-order valence-corrected chi connectivity index (χ4v) is 3.19. The van der Waals surface area contributed by atoms with E-state index in [0.29, 0.717) is 5.56 Å². The molecule has 3 N–H and O–H groups in total. The summed E-state index contributed by atoms with van der Waals surface area (Å²) < 4.78 is 31.9. The molecule has 0 fully saturated rings. The standard InChI is InChI=1S/C12H20N2O3S/c1-9-4-5-10(2)12(6-9)18(15,16)14-11(7-13)8-17-3/h4-6,11,14H,7-8,13H2,1-3H3. The zero-order valence-corrected chi connectivity index (χ0v) is 11.8. The summed E-state index contributed by atoms with van der Waals surface area (Å²) in [5.74, 6) is 0. The molecule has 0 radical (unpaired) electrons. The molecule has 0 saturated carbocycles. The highest BCUT2D eigenvalue weighted by molar-refractivity contribution is 7.89. The Balaban J connectivity index is 3.02. The molecule has 0 spiro atoms. The summed E-state index contributed by atoms with van der Waals surface area (Å²) in [6, 6.07) is 4.90. The van der Waals surface area contributed by atoms with Crippen molar-refractivity contribution in [3.8, 4) is 0 Å². The van der Waals surface area contributed by atoms with Gasteiger partial charge in [-0.2, -0.15) is 0 Å². The molecule has 0 aliphatic carbocycles. The van der Waals surface area contributed by atoms with Crippen LogP contribution in [0.3, 0.4) is 0 Å². The predicted molar refractivity (Wildman–Crippen MR) is 71.0 cm³/mol. The molecule has 0 bridgehead atoms. The second kappa shape index (κ2) is 6.29. The summed E-state index contributed by atoms with van der Waals surface area (Å²) in [4.78, 5) is 0.289. The van der Waals surface area contributed by atoms with Gasteiger partial charge in [0, 0.05) is 13.7 Å². The van der Waals surface area contributed by atoms with Crippen molar-refractivity contribution in [2.24, 2.45) is 5.73 Å². The maximum absolute atomic E-state index is 12.2. The molecule has 1 aromatic carbocycles. The zero-order chi connectivity index (χ0) is 13.8. The van der Waals surface area contributed by atoms with Crippen LogP contribution in [0.4, 0.5) is 0 Å². The first-order valence-corrected chi connectivity index (χ1v) is 7.17. The van der Waals surface area contributed by atoms with Crippen molar-refractivity contribution in [3.05, 3.63) is 29.3 Å². The van der Waals surface area contributed by atoms with Crippen LogP contribution in [0.2, 0.25) is 0 Å². The molecular weight excluding hydrogens is 252 g/mol. The van der Waals surface area contributed by atoms with E-state index in [0.717, 1.165) is 5.56 Å². The third-order valence-corrected chi connectivity index (χ3v) is 4.27. The van der Waals surface area contributed by atoms with Crippen LogP contribution in [0.5, 0.6) is 0 Å². The molecule has 0 amide bonds. The summed E-state index contributed by atoms with van der Waals surface area (Å²) >= 11 is 0. The predicted octanol–water partition coefficient (Wildman–Crippen LogP) is 0.555. The van der Waals surface area contributed by atoms with Crippen LogP contribution < -0.4 is 10.5 Å². The third-order valence-electron chi connectivity index (χ3n) is 2.61. The van der Waals surface area contributed by atoms with Crippen LogP contribution in [-0.2, 0) is 14.8 Å². The number of rotatable bonds is 6. The topological polar surface area (TPSA) is 81.4 Å². The maximum atomic E-state index is 12.2. The highest BCUT2D eigenvalue weighted by atomic mass is 32.2. The average Bonchev–Trinajstić information content (AvgIpc) is 2.31. The van der Waals surface area contributed by atoms with Crippen LogP contribution in [0.25, 0.3) is 0 Å². The molecule has 0 saturated heterocycles. The second-order valence-corrected chi connectivity index (χ2v) is 5.96. The van der Waals surface area contributed by atoms with Gasteiger partial charge in [-0.15, -0.1) is 0 Å². The van der Waals surface area contributed by atoms with Crippen LogP contribution >= 0.6 is 0 Å². The third kappa shape index (κ3) is 3.78. The lowest BCUT2D eigenvalue weighted by atomic mass is 10.2. The average molecular weight is 272 g/mol. The summed E-state index contributed by atoms with van der Waals surface area (Å²) in [6.45, 7) is 4.06. The first-order valence-electron chi connectivity index (χ1n) is 5.69. The number of sulfonamides is 1. The quantitative estimate of drug-likeness (QED) is 0.792. The highest BCUT2D eigenvalue weighted by Gasteiger charge is 2.21. The normalized spacial score (nSPS) is 13.6. The Morgan fingerprint density at radius 1 is 1.39 bits per heavy atom. The lowest BCUT2D eigenvalue weighted by Crippen LogP contribution is -2.43. The Kier molecular flexibility index (Phi) is 5.28. The Morgan fingerprint density at radius 3 is 2.61 bits per heavy atom. The summed E-state index contributed by atoms with van der Waals surface area (Å²) in [5.41, 5.74) is 7.11. The van der Waals surface area contributed by atoms with E-state index in [1.165, 1.54) is 7.11 Å². The minimum absolute atomic E-state index is 0.192. The van der Waals surface area contributed by atoms with Gasteiger partial charge in [0.05, 0.1) is 17.5 Å². The van der Waals surface area contributed by atoms with Gasteiger partial charge in [0.25, 0.3) is 0 Å². The Hall–Kier alpha value is -0.950. The lowest BCUT2D eigenvalue weighted by molar-refractivity contribution is 0.177. The molecule has 5 nitrogen and oxygen atoms in total. The number of benzene rings is 1. The van der Waals surface area contributed by atoms with Crippen LogP contribution in [-0.4, -0.2) is 34.7 Å². The van der Waals surface area contributed by atoms with E-state index in [-0.39, 0.29) is 18.0 Å². The minimum atomic E-state index is -3.56. The molecule has 1 unspecified atom stereocenters. The SMILES string of the molecule is COCC(CN)NS(=O)(=O)c1cc(C)ccc1C.